The molecule has 2 aromatic rings. The van der Waals surface area contributed by atoms with Crippen LogP contribution in [-0.4, -0.2) is 9.97 Å². The number of rotatable bonds is 3. The van der Waals surface area contributed by atoms with Crippen LogP contribution in [0.3, 0.4) is 0 Å². The van der Waals surface area contributed by atoms with Gasteiger partial charge in [-0.1, -0.05) is 37.0 Å². The third-order valence-corrected chi connectivity index (χ3v) is 3.10. The molecule has 0 saturated carbocycles. The first kappa shape index (κ1) is 13.9. The van der Waals surface area contributed by atoms with Gasteiger partial charge in [0.25, 0.3) is 0 Å². The Balaban J connectivity index is 2.44. The van der Waals surface area contributed by atoms with Crippen molar-refractivity contribution in [3.8, 4) is 11.6 Å². The van der Waals surface area contributed by atoms with Crippen molar-refractivity contribution in [1.82, 2.24) is 9.97 Å². The van der Waals surface area contributed by atoms with Gasteiger partial charge in [-0.3, -0.25) is 0 Å². The zero-order chi connectivity index (χ0) is 14.0. The van der Waals surface area contributed by atoms with Gasteiger partial charge in [-0.25, -0.2) is 9.97 Å². The molecule has 0 amide bonds. The van der Waals surface area contributed by atoms with Crippen LogP contribution in [0.25, 0.3) is 0 Å². The van der Waals surface area contributed by atoms with Crippen LogP contribution in [-0.2, 0) is 0 Å². The number of nitrogens with two attached hydrogens (primary N) is 1. The molecule has 0 aliphatic heterocycles. The molecule has 4 nitrogen and oxygen atoms in total. The molecule has 0 radical (unpaired) electrons. The molecule has 0 aliphatic carbocycles. The zero-order valence-corrected chi connectivity index (χ0v) is 12.0. The zero-order valence-electron chi connectivity index (χ0n) is 10.5. The summed E-state index contributed by atoms with van der Waals surface area (Å²) in [6, 6.07) is 4.99. The summed E-state index contributed by atoms with van der Waals surface area (Å²) in [5.41, 5.74) is 6.60. The van der Waals surface area contributed by atoms with Crippen LogP contribution in [0.5, 0.6) is 11.6 Å². The summed E-state index contributed by atoms with van der Waals surface area (Å²) >= 11 is 12.0. The van der Waals surface area contributed by atoms with Crippen molar-refractivity contribution in [1.29, 1.82) is 0 Å². The fourth-order valence-electron chi connectivity index (χ4n) is 1.68. The van der Waals surface area contributed by atoms with E-state index in [4.69, 9.17) is 33.7 Å². The van der Waals surface area contributed by atoms with E-state index in [9.17, 15) is 0 Å². The molecule has 0 bridgehead atoms. The Morgan fingerprint density at radius 3 is 2.63 bits per heavy atom. The van der Waals surface area contributed by atoms with E-state index in [1.54, 1.807) is 18.2 Å². The van der Waals surface area contributed by atoms with E-state index >= 15 is 0 Å². The van der Waals surface area contributed by atoms with Crippen molar-refractivity contribution in [2.75, 3.05) is 5.73 Å². The molecule has 1 aromatic heterocycles. The fourth-order valence-corrected chi connectivity index (χ4v) is 1.99. The third-order valence-electron chi connectivity index (χ3n) is 2.56. The highest BCUT2D eigenvalue weighted by Gasteiger charge is 2.16. The minimum absolute atomic E-state index is 0.133. The molecule has 1 heterocycles. The number of hydrogen-bond acceptors (Lipinski definition) is 4. The van der Waals surface area contributed by atoms with Gasteiger partial charge in [0.1, 0.15) is 17.9 Å². The van der Waals surface area contributed by atoms with E-state index in [2.05, 4.69) is 9.97 Å². The minimum atomic E-state index is 0.133. The highest BCUT2D eigenvalue weighted by atomic mass is 35.5. The lowest BCUT2D eigenvalue weighted by molar-refractivity contribution is 0.452. The highest BCUT2D eigenvalue weighted by Crippen LogP contribution is 2.35. The number of ether oxygens (including phenoxy) is 1. The molecule has 100 valence electrons. The lowest BCUT2D eigenvalue weighted by Crippen LogP contribution is -2.04. The monoisotopic (exact) mass is 297 g/mol. The normalized spacial score (nSPS) is 10.8. The van der Waals surface area contributed by atoms with Crippen molar-refractivity contribution in [2.45, 2.75) is 19.8 Å². The summed E-state index contributed by atoms with van der Waals surface area (Å²) in [5, 5.41) is 0.990. The van der Waals surface area contributed by atoms with Gasteiger partial charge in [-0.15, -0.1) is 0 Å². The van der Waals surface area contributed by atoms with Crippen molar-refractivity contribution in [3.63, 3.8) is 0 Å². The van der Waals surface area contributed by atoms with Crippen molar-refractivity contribution < 1.29 is 4.74 Å². The van der Waals surface area contributed by atoms with Crippen LogP contribution in [0.1, 0.15) is 25.3 Å². The second-order valence-corrected chi connectivity index (χ2v) is 5.15. The van der Waals surface area contributed by atoms with Crippen molar-refractivity contribution in [2.24, 2.45) is 0 Å². The van der Waals surface area contributed by atoms with E-state index in [0.717, 1.165) is 5.56 Å². The lowest BCUT2D eigenvalue weighted by atomic mass is 10.1. The van der Waals surface area contributed by atoms with E-state index in [0.29, 0.717) is 27.5 Å². The van der Waals surface area contributed by atoms with Crippen LogP contribution in [0.2, 0.25) is 10.0 Å². The van der Waals surface area contributed by atoms with Crippen LogP contribution in [0.15, 0.2) is 24.5 Å². The van der Waals surface area contributed by atoms with Crippen LogP contribution >= 0.6 is 23.2 Å². The third kappa shape index (κ3) is 3.08. The van der Waals surface area contributed by atoms with Crippen LogP contribution in [0, 0.1) is 0 Å². The Hall–Kier alpha value is -1.52. The topological polar surface area (TPSA) is 61.0 Å². The summed E-state index contributed by atoms with van der Waals surface area (Å²) in [6.07, 6.45) is 1.36. The van der Waals surface area contributed by atoms with Gasteiger partial charge in [0, 0.05) is 11.1 Å². The summed E-state index contributed by atoms with van der Waals surface area (Å²) in [4.78, 5) is 8.08. The summed E-state index contributed by atoms with van der Waals surface area (Å²) < 4.78 is 5.72. The molecule has 0 aliphatic rings. The van der Waals surface area contributed by atoms with E-state index < -0.39 is 0 Å². The average molecular weight is 298 g/mol. The Kier molecular flexibility index (Phi) is 4.12. The number of halogens is 2. The van der Waals surface area contributed by atoms with Gasteiger partial charge in [-0.05, 0) is 18.1 Å². The molecule has 0 fully saturated rings. The van der Waals surface area contributed by atoms with Gasteiger partial charge < -0.3 is 10.5 Å². The molecule has 6 heteroatoms. The first-order chi connectivity index (χ1) is 8.99. The second kappa shape index (κ2) is 5.63. The van der Waals surface area contributed by atoms with Gasteiger partial charge in [-0.2, -0.15) is 0 Å². The fraction of sp³-hybridized carbons (Fsp3) is 0.231. The van der Waals surface area contributed by atoms with Crippen molar-refractivity contribution >= 4 is 29.0 Å². The summed E-state index contributed by atoms with van der Waals surface area (Å²) in [7, 11) is 0. The number of benzene rings is 1. The quantitative estimate of drug-likeness (QED) is 0.918. The number of hydrogen-bond donors (Lipinski definition) is 1. The Morgan fingerprint density at radius 2 is 1.95 bits per heavy atom. The van der Waals surface area contributed by atoms with Crippen LogP contribution < -0.4 is 10.5 Å². The summed E-state index contributed by atoms with van der Waals surface area (Å²) in [6.45, 7) is 3.98. The predicted molar refractivity (Wildman–Crippen MR) is 77.1 cm³/mol. The number of aromatic nitrogens is 2. The van der Waals surface area contributed by atoms with Crippen molar-refractivity contribution in [3.05, 3.63) is 40.1 Å². The maximum atomic E-state index is 6.06. The Morgan fingerprint density at radius 1 is 1.21 bits per heavy atom. The molecular weight excluding hydrogens is 285 g/mol. The second-order valence-electron chi connectivity index (χ2n) is 4.31. The van der Waals surface area contributed by atoms with E-state index in [1.165, 1.54) is 6.33 Å². The first-order valence-electron chi connectivity index (χ1n) is 5.72. The number of nitrogens with zero attached hydrogens (tertiary/aromatic N) is 2. The van der Waals surface area contributed by atoms with E-state index in [1.807, 2.05) is 13.8 Å². The molecule has 2 rings (SSSR count). The molecule has 1 aromatic carbocycles. The SMILES string of the molecule is CC(C)c1c(N)ncnc1Oc1cc(Cl)ccc1Cl. The molecule has 0 atom stereocenters. The van der Waals surface area contributed by atoms with E-state index in [-0.39, 0.29) is 5.92 Å². The molecule has 2 N–H and O–H groups in total. The van der Waals surface area contributed by atoms with Gasteiger partial charge in [0.2, 0.25) is 5.88 Å². The molecule has 0 unspecified atom stereocenters. The number of anilines is 1. The smallest absolute Gasteiger partial charge is 0.227 e. The first-order valence-corrected chi connectivity index (χ1v) is 6.48. The predicted octanol–water partition coefficient (Wildman–Crippen LogP) is 4.28. The molecule has 19 heavy (non-hydrogen) atoms. The molecule has 0 saturated heterocycles. The Labute approximate surface area is 121 Å². The largest absolute Gasteiger partial charge is 0.437 e. The van der Waals surface area contributed by atoms with Crippen LogP contribution in [0.4, 0.5) is 5.82 Å². The number of nitrogen functional groups attached to an aromatic ring is 1. The standard InChI is InChI=1S/C13H13Cl2N3O/c1-7(2)11-12(16)17-6-18-13(11)19-10-5-8(14)3-4-9(10)15/h3-7H,1-2H3,(H2,16,17,18). The van der Waals surface area contributed by atoms with Gasteiger partial charge in [0.15, 0.2) is 0 Å². The maximum absolute atomic E-state index is 6.06. The lowest BCUT2D eigenvalue weighted by Gasteiger charge is -2.14. The average Bonchev–Trinajstić information content (AvgIpc) is 2.33. The summed E-state index contributed by atoms with van der Waals surface area (Å²) in [5.74, 6) is 1.37. The molecular formula is C13H13Cl2N3O. The highest BCUT2D eigenvalue weighted by molar-refractivity contribution is 6.34. The van der Waals surface area contributed by atoms with Gasteiger partial charge >= 0.3 is 0 Å². The Bertz CT molecular complexity index is 602. The molecule has 0 spiro atoms. The minimum Gasteiger partial charge on any atom is -0.437 e. The maximum Gasteiger partial charge on any atom is 0.227 e. The van der Waals surface area contributed by atoms with Gasteiger partial charge in [0.05, 0.1) is 10.6 Å².